The van der Waals surface area contributed by atoms with Gasteiger partial charge in [0, 0.05) is 12.0 Å². The molecule has 1 aromatic carbocycles. The fraction of sp³-hybridized carbons (Fsp3) is 0.357. The number of aromatic carboxylic acids is 1. The van der Waals surface area contributed by atoms with Crippen LogP contribution in [0, 0.1) is 0 Å². The van der Waals surface area contributed by atoms with Crippen LogP contribution in [0.1, 0.15) is 29.0 Å². The molecule has 0 spiro atoms. The number of hydrogen-bond donors (Lipinski definition) is 3. The predicted octanol–water partition coefficient (Wildman–Crippen LogP) is 1.99. The van der Waals surface area contributed by atoms with E-state index in [0.717, 1.165) is 19.4 Å². The molecule has 0 atom stereocenters. The van der Waals surface area contributed by atoms with Gasteiger partial charge in [0.15, 0.2) is 0 Å². The number of carboxylic acids is 1. The van der Waals surface area contributed by atoms with Crippen molar-refractivity contribution in [3.05, 3.63) is 35.6 Å². The maximum absolute atomic E-state index is 11.3. The number of aliphatic hydroxyl groups is 1. The molecular weight excluding hydrogens is 246 g/mol. The van der Waals surface area contributed by atoms with Gasteiger partial charge in [-0.2, -0.15) is 0 Å². The Hall–Kier alpha value is -1.85. The Morgan fingerprint density at radius 3 is 2.79 bits per heavy atom. The maximum Gasteiger partial charge on any atom is 0.339 e. The second-order valence-electron chi connectivity index (χ2n) is 4.31. The summed E-state index contributed by atoms with van der Waals surface area (Å²) in [5.74, 6) is -0.533. The van der Waals surface area contributed by atoms with Crippen molar-refractivity contribution in [1.29, 1.82) is 0 Å². The van der Waals surface area contributed by atoms with Crippen molar-refractivity contribution in [3.8, 4) is 0 Å². The summed E-state index contributed by atoms with van der Waals surface area (Å²) in [6.07, 6.45) is 1.58. The molecule has 3 N–H and O–H groups in total. The minimum absolute atomic E-state index is 0.173. The first kappa shape index (κ1) is 13.6. The van der Waals surface area contributed by atoms with E-state index in [0.29, 0.717) is 23.3 Å². The molecule has 0 aliphatic rings. The highest BCUT2D eigenvalue weighted by Gasteiger charge is 2.19. The van der Waals surface area contributed by atoms with Crippen molar-refractivity contribution in [2.24, 2.45) is 0 Å². The average Bonchev–Trinajstić information content (AvgIpc) is 2.76. The van der Waals surface area contributed by atoms with Gasteiger partial charge in [0.25, 0.3) is 0 Å². The van der Waals surface area contributed by atoms with Crippen LogP contribution in [0.25, 0.3) is 11.0 Å². The summed E-state index contributed by atoms with van der Waals surface area (Å²) in [7, 11) is 0. The van der Waals surface area contributed by atoms with Gasteiger partial charge >= 0.3 is 5.97 Å². The van der Waals surface area contributed by atoms with Crippen LogP contribution in [0.2, 0.25) is 0 Å². The highest BCUT2D eigenvalue weighted by Crippen LogP contribution is 2.25. The zero-order valence-electron chi connectivity index (χ0n) is 10.6. The first-order valence-corrected chi connectivity index (χ1v) is 6.29. The Kier molecular flexibility index (Phi) is 4.54. The molecule has 0 radical (unpaired) electrons. The monoisotopic (exact) mass is 263 g/mol. The Morgan fingerprint density at radius 2 is 2.05 bits per heavy atom. The predicted molar refractivity (Wildman–Crippen MR) is 71.2 cm³/mol. The van der Waals surface area contributed by atoms with Crippen LogP contribution in [0.4, 0.5) is 0 Å². The second-order valence-corrected chi connectivity index (χ2v) is 4.31. The summed E-state index contributed by atoms with van der Waals surface area (Å²) >= 11 is 0. The van der Waals surface area contributed by atoms with Gasteiger partial charge in [-0.05, 0) is 25.5 Å². The fourth-order valence-corrected chi connectivity index (χ4v) is 2.02. The lowest BCUT2D eigenvalue weighted by molar-refractivity contribution is 0.0696. The molecule has 0 amide bonds. The van der Waals surface area contributed by atoms with Gasteiger partial charge in [-0.3, -0.25) is 0 Å². The molecule has 5 nitrogen and oxygen atoms in total. The zero-order chi connectivity index (χ0) is 13.7. The van der Waals surface area contributed by atoms with Crippen LogP contribution >= 0.6 is 0 Å². The Morgan fingerprint density at radius 1 is 1.26 bits per heavy atom. The molecule has 5 heteroatoms. The minimum Gasteiger partial charge on any atom is -0.478 e. The number of rotatable bonds is 7. The van der Waals surface area contributed by atoms with Crippen LogP contribution in [0.15, 0.2) is 28.7 Å². The van der Waals surface area contributed by atoms with Crippen molar-refractivity contribution in [1.82, 2.24) is 5.32 Å². The Bertz CT molecular complexity index is 562. The van der Waals surface area contributed by atoms with Crippen molar-refractivity contribution >= 4 is 16.9 Å². The summed E-state index contributed by atoms with van der Waals surface area (Å²) in [4.78, 5) is 11.3. The van der Waals surface area contributed by atoms with Crippen molar-refractivity contribution in [2.45, 2.75) is 19.4 Å². The Balaban J connectivity index is 2.13. The number of hydrogen-bond acceptors (Lipinski definition) is 4. The smallest absolute Gasteiger partial charge is 0.339 e. The molecule has 19 heavy (non-hydrogen) atoms. The molecule has 0 unspecified atom stereocenters. The van der Waals surface area contributed by atoms with Gasteiger partial charge in [0.05, 0.1) is 6.54 Å². The summed E-state index contributed by atoms with van der Waals surface area (Å²) in [5, 5.41) is 21.7. The number of furan rings is 1. The van der Waals surface area contributed by atoms with Gasteiger partial charge in [-0.15, -0.1) is 0 Å². The first-order valence-electron chi connectivity index (χ1n) is 6.29. The second kappa shape index (κ2) is 6.36. The van der Waals surface area contributed by atoms with Gasteiger partial charge in [0.2, 0.25) is 0 Å². The van der Waals surface area contributed by atoms with E-state index in [1.807, 2.05) is 6.07 Å². The minimum atomic E-state index is -0.975. The van der Waals surface area contributed by atoms with Crippen LogP contribution in [0.3, 0.4) is 0 Å². The lowest BCUT2D eigenvalue weighted by Crippen LogP contribution is -2.16. The van der Waals surface area contributed by atoms with Crippen LogP contribution < -0.4 is 5.32 Å². The molecule has 2 rings (SSSR count). The van der Waals surface area contributed by atoms with E-state index in [1.54, 1.807) is 18.2 Å². The van der Waals surface area contributed by atoms with Gasteiger partial charge < -0.3 is 19.9 Å². The molecule has 0 saturated heterocycles. The van der Waals surface area contributed by atoms with Crippen molar-refractivity contribution in [2.75, 3.05) is 13.2 Å². The number of carbonyl (C=O) groups is 1. The molecule has 0 fully saturated rings. The SMILES string of the molecule is O=C(O)c1c(CNCCCCO)oc2ccccc12. The van der Waals surface area contributed by atoms with Crippen LogP contribution in [-0.4, -0.2) is 29.3 Å². The summed E-state index contributed by atoms with van der Waals surface area (Å²) in [6.45, 7) is 1.27. The zero-order valence-corrected chi connectivity index (χ0v) is 10.6. The molecule has 0 saturated carbocycles. The molecule has 2 aromatic rings. The number of benzene rings is 1. The third kappa shape index (κ3) is 3.13. The standard InChI is InChI=1S/C14H17NO4/c16-8-4-3-7-15-9-12-13(14(17)18)10-5-1-2-6-11(10)19-12/h1-2,5-6,15-16H,3-4,7-9H2,(H,17,18). The molecule has 0 aliphatic heterocycles. The number of fused-ring (bicyclic) bond motifs is 1. The van der Waals surface area contributed by atoms with Gasteiger partial charge in [-0.1, -0.05) is 18.2 Å². The van der Waals surface area contributed by atoms with E-state index in [-0.39, 0.29) is 12.2 Å². The summed E-state index contributed by atoms with van der Waals surface area (Å²) < 4.78 is 5.57. The quantitative estimate of drug-likeness (QED) is 0.665. The summed E-state index contributed by atoms with van der Waals surface area (Å²) in [5.41, 5.74) is 0.817. The number of unbranched alkanes of at least 4 members (excludes halogenated alkanes) is 1. The van der Waals surface area contributed by atoms with Crippen molar-refractivity contribution in [3.63, 3.8) is 0 Å². The maximum atomic E-state index is 11.3. The third-order valence-corrected chi connectivity index (χ3v) is 2.93. The average molecular weight is 263 g/mol. The van der Waals surface area contributed by atoms with Crippen LogP contribution in [-0.2, 0) is 6.54 Å². The van der Waals surface area contributed by atoms with E-state index >= 15 is 0 Å². The number of para-hydroxylation sites is 1. The van der Waals surface area contributed by atoms with Crippen molar-refractivity contribution < 1.29 is 19.4 Å². The van der Waals surface area contributed by atoms with E-state index in [9.17, 15) is 9.90 Å². The molecule has 0 bridgehead atoms. The normalized spacial score (nSPS) is 11.0. The fourth-order valence-electron chi connectivity index (χ4n) is 2.02. The lowest BCUT2D eigenvalue weighted by atomic mass is 10.1. The largest absolute Gasteiger partial charge is 0.478 e. The number of carboxylic acid groups (broad SMARTS) is 1. The van der Waals surface area contributed by atoms with E-state index in [4.69, 9.17) is 9.52 Å². The molecule has 1 heterocycles. The molecule has 0 aliphatic carbocycles. The first-order chi connectivity index (χ1) is 9.24. The molecular formula is C14H17NO4. The number of nitrogens with one attached hydrogen (secondary N) is 1. The van der Waals surface area contributed by atoms with E-state index < -0.39 is 5.97 Å². The Labute approximate surface area is 110 Å². The third-order valence-electron chi connectivity index (χ3n) is 2.93. The summed E-state index contributed by atoms with van der Waals surface area (Å²) in [6, 6.07) is 7.12. The van der Waals surface area contributed by atoms with Crippen LogP contribution in [0.5, 0.6) is 0 Å². The molecule has 102 valence electrons. The lowest BCUT2D eigenvalue weighted by Gasteiger charge is -2.02. The highest BCUT2D eigenvalue weighted by molar-refractivity contribution is 6.03. The van der Waals surface area contributed by atoms with E-state index in [1.165, 1.54) is 0 Å². The van der Waals surface area contributed by atoms with Gasteiger partial charge in [-0.25, -0.2) is 4.79 Å². The highest BCUT2D eigenvalue weighted by atomic mass is 16.4. The number of aliphatic hydroxyl groups excluding tert-OH is 1. The topological polar surface area (TPSA) is 82.7 Å². The van der Waals surface area contributed by atoms with E-state index in [2.05, 4.69) is 5.32 Å². The van der Waals surface area contributed by atoms with Gasteiger partial charge in [0.1, 0.15) is 16.9 Å². The molecule has 1 aromatic heterocycles.